The van der Waals surface area contributed by atoms with Gasteiger partial charge in [-0.1, -0.05) is 24.3 Å². The van der Waals surface area contributed by atoms with E-state index in [0.717, 1.165) is 38.0 Å². The molecule has 1 aromatic carbocycles. The van der Waals surface area contributed by atoms with Crippen LogP contribution in [0.15, 0.2) is 24.3 Å². The van der Waals surface area contributed by atoms with Gasteiger partial charge in [-0.3, -0.25) is 4.90 Å². The van der Waals surface area contributed by atoms with Crippen molar-refractivity contribution in [3.05, 3.63) is 35.4 Å². The second kappa shape index (κ2) is 6.89. The molecule has 1 N–H and O–H groups in total. The third-order valence-electron chi connectivity index (χ3n) is 5.35. The Morgan fingerprint density at radius 2 is 1.68 bits per heavy atom. The summed E-state index contributed by atoms with van der Waals surface area (Å²) < 4.78 is 43.2. The minimum atomic E-state index is -4.16. The predicted octanol–water partition coefficient (Wildman–Crippen LogP) is 3.69. The zero-order valence-corrected chi connectivity index (χ0v) is 14.6. The standard InChI is InChI=1S/C19H26F3NO2/c1-17(24)8-11-25-18(14-17)6-9-23(10-7-18)13-16-4-2-15(3-5-16)12-19(20,21)22/h2-5,24H,6-14H2,1H3. The topological polar surface area (TPSA) is 32.7 Å². The van der Waals surface area contributed by atoms with E-state index in [2.05, 4.69) is 4.90 Å². The molecule has 2 aliphatic rings. The van der Waals surface area contributed by atoms with Crippen LogP contribution in [0.5, 0.6) is 0 Å². The number of likely N-dealkylation sites (tertiary alicyclic amines) is 1. The maximum atomic E-state index is 12.4. The first-order chi connectivity index (χ1) is 11.6. The van der Waals surface area contributed by atoms with E-state index in [-0.39, 0.29) is 5.60 Å². The van der Waals surface area contributed by atoms with Gasteiger partial charge >= 0.3 is 6.18 Å². The molecule has 0 aromatic heterocycles. The molecule has 0 saturated carbocycles. The molecule has 1 spiro atoms. The van der Waals surface area contributed by atoms with E-state index in [0.29, 0.717) is 25.0 Å². The quantitative estimate of drug-likeness (QED) is 0.896. The lowest BCUT2D eigenvalue weighted by Crippen LogP contribution is -2.53. The van der Waals surface area contributed by atoms with Crippen molar-refractivity contribution in [2.24, 2.45) is 0 Å². The van der Waals surface area contributed by atoms with Crippen LogP contribution in [0.4, 0.5) is 13.2 Å². The number of aliphatic hydroxyl groups is 1. The third-order valence-corrected chi connectivity index (χ3v) is 5.35. The number of alkyl halides is 3. The number of hydrogen-bond donors (Lipinski definition) is 1. The predicted molar refractivity (Wildman–Crippen MR) is 89.3 cm³/mol. The number of hydrogen-bond acceptors (Lipinski definition) is 3. The second-order valence-corrected chi connectivity index (χ2v) is 7.84. The van der Waals surface area contributed by atoms with E-state index in [1.807, 2.05) is 6.92 Å². The maximum Gasteiger partial charge on any atom is 0.393 e. The highest BCUT2D eigenvalue weighted by molar-refractivity contribution is 5.23. The van der Waals surface area contributed by atoms with E-state index >= 15 is 0 Å². The Kier molecular flexibility index (Phi) is 5.15. The van der Waals surface area contributed by atoms with Gasteiger partial charge in [-0.15, -0.1) is 0 Å². The van der Waals surface area contributed by atoms with Gasteiger partial charge in [0.05, 0.1) is 24.2 Å². The highest BCUT2D eigenvalue weighted by Gasteiger charge is 2.44. The van der Waals surface area contributed by atoms with Crippen molar-refractivity contribution < 1.29 is 23.0 Å². The molecule has 6 heteroatoms. The van der Waals surface area contributed by atoms with Crippen LogP contribution in [0.1, 0.15) is 43.7 Å². The summed E-state index contributed by atoms with van der Waals surface area (Å²) in [5.41, 5.74) is 0.467. The Morgan fingerprint density at radius 1 is 1.08 bits per heavy atom. The van der Waals surface area contributed by atoms with Crippen molar-refractivity contribution in [1.29, 1.82) is 0 Å². The average molecular weight is 357 g/mol. The number of nitrogens with zero attached hydrogens (tertiary/aromatic N) is 1. The van der Waals surface area contributed by atoms with Crippen molar-refractivity contribution in [3.8, 4) is 0 Å². The first-order valence-electron chi connectivity index (χ1n) is 8.88. The third kappa shape index (κ3) is 5.19. The normalized spacial score (nSPS) is 27.6. The first kappa shape index (κ1) is 18.7. The molecule has 2 heterocycles. The van der Waals surface area contributed by atoms with Crippen LogP contribution in [0.3, 0.4) is 0 Å². The van der Waals surface area contributed by atoms with E-state index in [1.54, 1.807) is 24.3 Å². The smallest absolute Gasteiger partial charge is 0.390 e. The fourth-order valence-electron chi connectivity index (χ4n) is 4.01. The lowest BCUT2D eigenvalue weighted by Gasteiger charge is -2.48. The molecule has 3 rings (SSSR count). The minimum absolute atomic E-state index is 0.213. The van der Waals surface area contributed by atoms with Crippen LogP contribution >= 0.6 is 0 Å². The van der Waals surface area contributed by atoms with Crippen LogP contribution < -0.4 is 0 Å². The number of benzene rings is 1. The number of piperidine rings is 1. The Morgan fingerprint density at radius 3 is 2.24 bits per heavy atom. The summed E-state index contributed by atoms with van der Waals surface area (Å²) >= 11 is 0. The van der Waals surface area contributed by atoms with E-state index in [4.69, 9.17) is 4.74 Å². The molecule has 2 aliphatic heterocycles. The summed E-state index contributed by atoms with van der Waals surface area (Å²) in [5, 5.41) is 10.3. The number of halogens is 3. The maximum absolute atomic E-state index is 12.4. The van der Waals surface area contributed by atoms with Crippen molar-refractivity contribution in [1.82, 2.24) is 4.90 Å². The number of ether oxygens (including phenoxy) is 1. The van der Waals surface area contributed by atoms with Gasteiger partial charge < -0.3 is 9.84 Å². The summed E-state index contributed by atoms with van der Waals surface area (Å²) in [6.07, 6.45) is -1.91. The average Bonchev–Trinajstić information content (AvgIpc) is 2.49. The van der Waals surface area contributed by atoms with E-state index in [9.17, 15) is 18.3 Å². The molecule has 1 aromatic rings. The monoisotopic (exact) mass is 357 g/mol. The lowest BCUT2D eigenvalue weighted by atomic mass is 9.78. The summed E-state index contributed by atoms with van der Waals surface area (Å²) in [4.78, 5) is 2.30. The van der Waals surface area contributed by atoms with E-state index < -0.39 is 18.2 Å². The van der Waals surface area contributed by atoms with Gasteiger partial charge in [0, 0.05) is 26.1 Å². The van der Waals surface area contributed by atoms with Crippen molar-refractivity contribution in [3.63, 3.8) is 0 Å². The molecular formula is C19H26F3NO2. The molecule has 1 unspecified atom stereocenters. The fraction of sp³-hybridized carbons (Fsp3) is 0.684. The van der Waals surface area contributed by atoms with Crippen LogP contribution in [-0.4, -0.2) is 47.1 Å². The zero-order valence-electron chi connectivity index (χ0n) is 14.6. The molecule has 0 amide bonds. The van der Waals surface area contributed by atoms with E-state index in [1.165, 1.54) is 0 Å². The summed E-state index contributed by atoms with van der Waals surface area (Å²) in [6, 6.07) is 6.70. The van der Waals surface area contributed by atoms with Crippen LogP contribution in [0, 0.1) is 0 Å². The molecule has 2 fully saturated rings. The highest BCUT2D eigenvalue weighted by atomic mass is 19.4. The molecule has 0 bridgehead atoms. The van der Waals surface area contributed by atoms with Gasteiger partial charge in [-0.25, -0.2) is 0 Å². The fourth-order valence-corrected chi connectivity index (χ4v) is 4.01. The van der Waals surface area contributed by atoms with Crippen LogP contribution in [-0.2, 0) is 17.7 Å². The Labute approximate surface area is 146 Å². The molecular weight excluding hydrogens is 331 g/mol. The lowest BCUT2D eigenvalue weighted by molar-refractivity contribution is -0.173. The molecule has 1 atom stereocenters. The summed E-state index contributed by atoms with van der Waals surface area (Å²) in [7, 11) is 0. The Hall–Kier alpha value is -1.11. The molecule has 2 saturated heterocycles. The van der Waals surface area contributed by atoms with Crippen molar-refractivity contribution in [2.45, 2.75) is 63.0 Å². The van der Waals surface area contributed by atoms with Crippen LogP contribution in [0.25, 0.3) is 0 Å². The van der Waals surface area contributed by atoms with Gasteiger partial charge in [0.1, 0.15) is 0 Å². The SMILES string of the molecule is CC1(O)CCOC2(CCN(Cc3ccc(CC(F)(F)F)cc3)CC2)C1. The summed E-state index contributed by atoms with van der Waals surface area (Å²) in [6.45, 7) is 4.97. The molecule has 3 nitrogen and oxygen atoms in total. The number of rotatable bonds is 3. The second-order valence-electron chi connectivity index (χ2n) is 7.84. The molecule has 25 heavy (non-hydrogen) atoms. The van der Waals surface area contributed by atoms with Gasteiger partial charge in [-0.2, -0.15) is 13.2 Å². The van der Waals surface area contributed by atoms with Gasteiger partial charge in [0.25, 0.3) is 0 Å². The van der Waals surface area contributed by atoms with Crippen LogP contribution in [0.2, 0.25) is 0 Å². The van der Waals surface area contributed by atoms with Gasteiger partial charge in [0.2, 0.25) is 0 Å². The molecule has 0 radical (unpaired) electrons. The van der Waals surface area contributed by atoms with Crippen molar-refractivity contribution in [2.75, 3.05) is 19.7 Å². The molecule has 140 valence electrons. The minimum Gasteiger partial charge on any atom is -0.390 e. The van der Waals surface area contributed by atoms with Gasteiger partial charge in [0.15, 0.2) is 0 Å². The largest absolute Gasteiger partial charge is 0.393 e. The Bertz CT molecular complexity index is 575. The Balaban J connectivity index is 1.52. The molecule has 0 aliphatic carbocycles. The van der Waals surface area contributed by atoms with Gasteiger partial charge in [-0.05, 0) is 37.3 Å². The first-order valence-corrected chi connectivity index (χ1v) is 8.88. The zero-order chi connectivity index (χ0) is 18.1. The van der Waals surface area contributed by atoms with Crippen molar-refractivity contribution >= 4 is 0 Å². The summed E-state index contributed by atoms with van der Waals surface area (Å²) in [5.74, 6) is 0. The highest BCUT2D eigenvalue weighted by Crippen LogP contribution is 2.39.